The summed E-state index contributed by atoms with van der Waals surface area (Å²) in [7, 11) is 0. The summed E-state index contributed by atoms with van der Waals surface area (Å²) in [5.74, 6) is 1.37. The first kappa shape index (κ1) is 18.9. The van der Waals surface area contributed by atoms with Gasteiger partial charge in [-0.3, -0.25) is 0 Å². The third kappa shape index (κ3) is 3.53. The molecular formula is C20H16ClN9O. The molecule has 5 rings (SSSR count). The summed E-state index contributed by atoms with van der Waals surface area (Å²) < 4.78 is 7.13. The lowest BCUT2D eigenvalue weighted by Gasteiger charge is -2.13. The van der Waals surface area contributed by atoms with E-state index in [0.29, 0.717) is 34.6 Å². The summed E-state index contributed by atoms with van der Waals surface area (Å²) in [6.07, 6.45) is 2.94. The van der Waals surface area contributed by atoms with Gasteiger partial charge in [-0.2, -0.15) is 5.10 Å². The summed E-state index contributed by atoms with van der Waals surface area (Å²) >= 11 is 6.23. The van der Waals surface area contributed by atoms with E-state index in [1.54, 1.807) is 17.6 Å². The van der Waals surface area contributed by atoms with Crippen molar-refractivity contribution in [3.8, 4) is 22.7 Å². The van der Waals surface area contributed by atoms with Crippen LogP contribution >= 0.6 is 11.6 Å². The Balaban J connectivity index is 1.56. The van der Waals surface area contributed by atoms with Crippen LogP contribution in [0.2, 0.25) is 5.15 Å². The van der Waals surface area contributed by atoms with Crippen molar-refractivity contribution in [2.45, 2.75) is 13.5 Å². The van der Waals surface area contributed by atoms with E-state index in [2.05, 4.69) is 30.5 Å². The minimum absolute atomic E-state index is 0.234. The molecule has 0 radical (unpaired) electrons. The van der Waals surface area contributed by atoms with Crippen LogP contribution < -0.4 is 11.1 Å². The molecule has 0 fully saturated rings. The zero-order chi connectivity index (χ0) is 21.4. The SMILES string of the molecule is Cc1nnc(-c2c(N)ncnc2NCc2cc3ncc(Cl)n3nc2-c2ccccc2)o1. The van der Waals surface area contributed by atoms with Gasteiger partial charge < -0.3 is 15.5 Å². The summed E-state index contributed by atoms with van der Waals surface area (Å²) in [4.78, 5) is 12.7. The van der Waals surface area contributed by atoms with Crippen molar-refractivity contribution in [3.05, 3.63) is 65.5 Å². The van der Waals surface area contributed by atoms with Gasteiger partial charge in [0.2, 0.25) is 5.89 Å². The van der Waals surface area contributed by atoms with Crippen LogP contribution in [0.25, 0.3) is 28.4 Å². The van der Waals surface area contributed by atoms with E-state index >= 15 is 0 Å². The predicted molar refractivity (Wildman–Crippen MR) is 115 cm³/mol. The topological polar surface area (TPSA) is 133 Å². The minimum atomic E-state index is 0.234. The maximum absolute atomic E-state index is 6.23. The largest absolute Gasteiger partial charge is 0.421 e. The maximum Gasteiger partial charge on any atom is 0.255 e. The maximum atomic E-state index is 6.23. The second-order valence-electron chi connectivity index (χ2n) is 6.70. The van der Waals surface area contributed by atoms with Gasteiger partial charge in [0, 0.05) is 24.6 Å². The van der Waals surface area contributed by atoms with Gasteiger partial charge in [-0.25, -0.2) is 19.5 Å². The first-order valence-electron chi connectivity index (χ1n) is 9.33. The predicted octanol–water partition coefficient (Wildman–Crippen LogP) is 3.39. The van der Waals surface area contributed by atoms with E-state index < -0.39 is 0 Å². The molecule has 1 aromatic carbocycles. The highest BCUT2D eigenvalue weighted by Crippen LogP contribution is 2.31. The fourth-order valence-electron chi connectivity index (χ4n) is 3.22. The Labute approximate surface area is 181 Å². The molecule has 5 aromatic rings. The van der Waals surface area contributed by atoms with Gasteiger partial charge in [0.15, 0.2) is 10.8 Å². The molecule has 0 aliphatic carbocycles. The molecule has 31 heavy (non-hydrogen) atoms. The number of halogens is 1. The zero-order valence-electron chi connectivity index (χ0n) is 16.3. The fourth-order valence-corrected chi connectivity index (χ4v) is 3.39. The van der Waals surface area contributed by atoms with Crippen LogP contribution in [-0.2, 0) is 6.54 Å². The lowest BCUT2D eigenvalue weighted by Crippen LogP contribution is -2.09. The Bertz CT molecular complexity index is 1380. The van der Waals surface area contributed by atoms with Crippen molar-refractivity contribution in [2.24, 2.45) is 0 Å². The molecular weight excluding hydrogens is 418 g/mol. The Morgan fingerprint density at radius 3 is 2.74 bits per heavy atom. The van der Waals surface area contributed by atoms with E-state index in [4.69, 9.17) is 26.9 Å². The first-order valence-corrected chi connectivity index (χ1v) is 9.71. The molecule has 11 heteroatoms. The quantitative estimate of drug-likeness (QED) is 0.427. The van der Waals surface area contributed by atoms with Crippen molar-refractivity contribution in [1.29, 1.82) is 0 Å². The molecule has 0 saturated carbocycles. The number of hydrogen-bond acceptors (Lipinski definition) is 9. The van der Waals surface area contributed by atoms with Crippen LogP contribution in [0.1, 0.15) is 11.5 Å². The number of nitrogens with two attached hydrogens (primary N) is 1. The van der Waals surface area contributed by atoms with Gasteiger partial charge in [0.05, 0.1) is 11.9 Å². The molecule has 0 aliphatic rings. The van der Waals surface area contributed by atoms with E-state index in [0.717, 1.165) is 16.8 Å². The van der Waals surface area contributed by atoms with Gasteiger partial charge in [0.1, 0.15) is 23.5 Å². The summed E-state index contributed by atoms with van der Waals surface area (Å²) in [6.45, 7) is 2.08. The molecule has 0 amide bonds. The van der Waals surface area contributed by atoms with Crippen molar-refractivity contribution >= 4 is 28.9 Å². The standard InChI is InChI=1S/C20H16ClN9O/c1-11-27-28-20(31-11)16-18(22)25-10-26-19(16)24-8-13-7-15-23-9-14(21)30(15)29-17(13)12-5-3-2-4-6-12/h2-7,9-10H,8H2,1H3,(H3,22,24,25,26). The second-order valence-corrected chi connectivity index (χ2v) is 7.08. The van der Waals surface area contributed by atoms with Crippen LogP contribution in [0.4, 0.5) is 11.6 Å². The number of aromatic nitrogens is 7. The number of nitrogen functional groups attached to an aromatic ring is 1. The molecule has 10 nitrogen and oxygen atoms in total. The summed E-state index contributed by atoms with van der Waals surface area (Å²) in [5, 5.41) is 16.3. The Morgan fingerprint density at radius 1 is 1.13 bits per heavy atom. The van der Waals surface area contributed by atoms with Crippen molar-refractivity contribution in [2.75, 3.05) is 11.1 Å². The number of aryl methyl sites for hydroxylation is 1. The normalized spacial score (nSPS) is 11.2. The van der Waals surface area contributed by atoms with Crippen LogP contribution in [0.3, 0.4) is 0 Å². The Kier molecular flexibility index (Phi) is 4.68. The number of hydrogen-bond donors (Lipinski definition) is 2. The molecule has 4 heterocycles. The monoisotopic (exact) mass is 433 g/mol. The number of imidazole rings is 1. The molecule has 0 spiro atoms. The highest BCUT2D eigenvalue weighted by molar-refractivity contribution is 6.29. The van der Waals surface area contributed by atoms with Crippen molar-refractivity contribution < 1.29 is 4.42 Å². The average molecular weight is 434 g/mol. The van der Waals surface area contributed by atoms with Crippen molar-refractivity contribution in [1.82, 2.24) is 34.8 Å². The number of anilines is 2. The van der Waals surface area contributed by atoms with E-state index in [1.165, 1.54) is 6.33 Å². The highest BCUT2D eigenvalue weighted by Gasteiger charge is 2.19. The smallest absolute Gasteiger partial charge is 0.255 e. The summed E-state index contributed by atoms with van der Waals surface area (Å²) in [6, 6.07) is 11.8. The minimum Gasteiger partial charge on any atom is -0.421 e. The Morgan fingerprint density at radius 2 is 1.97 bits per heavy atom. The molecule has 0 aliphatic heterocycles. The third-order valence-corrected chi connectivity index (χ3v) is 4.90. The third-order valence-electron chi connectivity index (χ3n) is 4.64. The fraction of sp³-hybridized carbons (Fsp3) is 0.100. The number of nitrogens with one attached hydrogen (secondary N) is 1. The van der Waals surface area contributed by atoms with Crippen LogP contribution in [0.5, 0.6) is 0 Å². The molecule has 154 valence electrons. The molecule has 0 bridgehead atoms. The molecule has 3 N–H and O–H groups in total. The number of nitrogens with zero attached hydrogens (tertiary/aromatic N) is 7. The van der Waals surface area contributed by atoms with Gasteiger partial charge in [-0.1, -0.05) is 41.9 Å². The number of fused-ring (bicyclic) bond motifs is 1. The second kappa shape index (κ2) is 7.65. The summed E-state index contributed by atoms with van der Waals surface area (Å²) in [5.41, 5.74) is 9.75. The van der Waals surface area contributed by atoms with E-state index in [9.17, 15) is 0 Å². The van der Waals surface area contributed by atoms with Crippen LogP contribution in [-0.4, -0.2) is 34.8 Å². The van der Waals surface area contributed by atoms with Crippen LogP contribution in [0.15, 0.2) is 53.3 Å². The van der Waals surface area contributed by atoms with Gasteiger partial charge in [-0.15, -0.1) is 10.2 Å². The Hall–Kier alpha value is -4.05. The van der Waals surface area contributed by atoms with Gasteiger partial charge >= 0.3 is 0 Å². The molecule has 4 aromatic heterocycles. The highest BCUT2D eigenvalue weighted by atomic mass is 35.5. The first-order chi connectivity index (χ1) is 15.1. The number of rotatable bonds is 5. The molecule has 0 atom stereocenters. The lowest BCUT2D eigenvalue weighted by molar-refractivity contribution is 0.533. The van der Waals surface area contributed by atoms with E-state index in [1.807, 2.05) is 36.4 Å². The molecule has 0 saturated heterocycles. The van der Waals surface area contributed by atoms with Gasteiger partial charge in [0.25, 0.3) is 5.89 Å². The molecule has 0 unspecified atom stereocenters. The lowest BCUT2D eigenvalue weighted by atomic mass is 10.1. The zero-order valence-corrected chi connectivity index (χ0v) is 17.1. The van der Waals surface area contributed by atoms with Crippen LogP contribution in [0, 0.1) is 6.92 Å². The average Bonchev–Trinajstić information content (AvgIpc) is 3.37. The van der Waals surface area contributed by atoms with Crippen molar-refractivity contribution in [3.63, 3.8) is 0 Å². The van der Waals surface area contributed by atoms with E-state index in [-0.39, 0.29) is 11.7 Å². The van der Waals surface area contributed by atoms with Gasteiger partial charge in [-0.05, 0) is 6.07 Å². The number of benzene rings is 1.